The van der Waals surface area contributed by atoms with Crippen LogP contribution < -0.4 is 16.0 Å². The van der Waals surface area contributed by atoms with Crippen LogP contribution in [0.1, 0.15) is 16.7 Å². The van der Waals surface area contributed by atoms with Gasteiger partial charge in [0.05, 0.1) is 42.1 Å². The average Bonchev–Trinajstić information content (AvgIpc) is 2.99. The van der Waals surface area contributed by atoms with E-state index >= 15 is 0 Å². The molecule has 206 valence electrons. The Labute approximate surface area is 243 Å². The molecule has 0 radical (unpaired) electrons. The molecule has 0 saturated heterocycles. The molecule has 8 nitrogen and oxygen atoms in total. The molecule has 3 heterocycles. The molecule has 0 aliphatic carbocycles. The van der Waals surface area contributed by atoms with E-state index in [1.807, 2.05) is 18.2 Å². The van der Waals surface area contributed by atoms with Crippen LogP contribution in [0.15, 0.2) is 88.8 Å². The van der Waals surface area contributed by atoms with E-state index in [2.05, 4.69) is 9.97 Å². The molecule has 0 aliphatic rings. The Bertz CT molecular complexity index is 2220. The molecule has 0 bridgehead atoms. The van der Waals surface area contributed by atoms with Crippen LogP contribution in [-0.4, -0.2) is 26.2 Å². The maximum absolute atomic E-state index is 14.2. The highest BCUT2D eigenvalue weighted by molar-refractivity contribution is 6.35. The smallest absolute Gasteiger partial charge is 0.336 e. The lowest BCUT2D eigenvalue weighted by Crippen LogP contribution is -2.39. The summed E-state index contributed by atoms with van der Waals surface area (Å²) in [6.07, 6.45) is 4.73. The zero-order chi connectivity index (χ0) is 29.5. The van der Waals surface area contributed by atoms with E-state index < -0.39 is 17.1 Å². The Morgan fingerprint density at radius 2 is 1.90 bits per heavy atom. The summed E-state index contributed by atoms with van der Waals surface area (Å²) < 4.78 is 22.3. The van der Waals surface area contributed by atoms with Crippen LogP contribution in [0.4, 0.5) is 4.39 Å². The number of pyridine rings is 2. The number of methoxy groups -OCH3 is 1. The Balaban J connectivity index is 1.73. The largest absolute Gasteiger partial charge is 0.496 e. The summed E-state index contributed by atoms with van der Waals surface area (Å²) in [6.45, 7) is 1.74. The summed E-state index contributed by atoms with van der Waals surface area (Å²) in [6, 6.07) is 18.2. The summed E-state index contributed by atoms with van der Waals surface area (Å²) >= 11 is 6.71. The maximum atomic E-state index is 14.2. The first kappa shape index (κ1) is 26.9. The predicted octanol–water partition coefficient (Wildman–Crippen LogP) is 5.79. The molecule has 10 heteroatoms. The molecule has 3 aromatic carbocycles. The second-order valence-electron chi connectivity index (χ2n) is 9.72. The van der Waals surface area contributed by atoms with Crippen molar-refractivity contribution in [1.82, 2.24) is 19.1 Å². The molecule has 6 rings (SSSR count). The number of aryl methyl sites for hydroxylation is 1. The summed E-state index contributed by atoms with van der Waals surface area (Å²) in [5.74, 6) is -0.443. The minimum Gasteiger partial charge on any atom is -0.496 e. The number of nitrogens with zero attached hydrogens (tertiary/aromatic N) is 5. The van der Waals surface area contributed by atoms with Gasteiger partial charge in [-0.1, -0.05) is 23.7 Å². The SMILES string of the molecule is COc1cc(-c2c(Cl)ccc3ncccc23)cc2c1c(=O)n(-c1cncc(C)c1)c(=O)n2Cc1ccc(F)c(C#N)c1. The van der Waals surface area contributed by atoms with Gasteiger partial charge in [-0.25, -0.2) is 13.8 Å². The van der Waals surface area contributed by atoms with E-state index in [1.165, 1.54) is 36.1 Å². The Hall–Kier alpha value is -5.33. The van der Waals surface area contributed by atoms with Crippen LogP contribution in [-0.2, 0) is 6.54 Å². The zero-order valence-electron chi connectivity index (χ0n) is 22.4. The fraction of sp³-hybridized carbons (Fsp3) is 0.0938. The number of hydrogen-bond donors (Lipinski definition) is 0. The first-order valence-corrected chi connectivity index (χ1v) is 13.2. The monoisotopic (exact) mass is 577 g/mol. The number of ether oxygens (including phenoxy) is 1. The molecule has 3 aromatic heterocycles. The first-order valence-electron chi connectivity index (χ1n) is 12.8. The van der Waals surface area contributed by atoms with Crippen LogP contribution >= 0.6 is 11.6 Å². The number of halogens is 2. The second-order valence-corrected chi connectivity index (χ2v) is 10.1. The van der Waals surface area contributed by atoms with Crippen molar-refractivity contribution in [1.29, 1.82) is 5.26 Å². The van der Waals surface area contributed by atoms with Crippen molar-refractivity contribution >= 4 is 33.4 Å². The molecular weight excluding hydrogens is 557 g/mol. The third kappa shape index (κ3) is 4.48. The molecule has 0 amide bonds. The van der Waals surface area contributed by atoms with Gasteiger partial charge in [-0.15, -0.1) is 0 Å². The van der Waals surface area contributed by atoms with Gasteiger partial charge in [0.15, 0.2) is 0 Å². The molecule has 0 spiro atoms. The number of benzene rings is 3. The normalized spacial score (nSPS) is 11.1. The van der Waals surface area contributed by atoms with Gasteiger partial charge < -0.3 is 4.74 Å². The highest BCUT2D eigenvalue weighted by Gasteiger charge is 2.22. The quantitative estimate of drug-likeness (QED) is 0.257. The van der Waals surface area contributed by atoms with Crippen LogP contribution in [0.2, 0.25) is 5.02 Å². The standard InChI is InChI=1S/C32H21ClFN5O3/c1-18-10-22(16-36-15-18)39-31(40)30-27(38(32(39)41)17-19-5-7-25(34)21(11-19)14-35)12-20(13-28(30)42-2)29-23-4-3-9-37-26(23)8-6-24(29)33/h3-13,15-16H,17H2,1-2H3. The zero-order valence-corrected chi connectivity index (χ0v) is 23.2. The molecule has 0 aliphatic heterocycles. The highest BCUT2D eigenvalue weighted by atomic mass is 35.5. The highest BCUT2D eigenvalue weighted by Crippen LogP contribution is 2.38. The van der Waals surface area contributed by atoms with Crippen molar-refractivity contribution in [3.05, 3.63) is 128 Å². The third-order valence-electron chi connectivity index (χ3n) is 7.06. The minimum atomic E-state index is -0.669. The van der Waals surface area contributed by atoms with Crippen molar-refractivity contribution in [3.63, 3.8) is 0 Å². The molecular formula is C32H21ClFN5O3. The van der Waals surface area contributed by atoms with Gasteiger partial charge in [-0.2, -0.15) is 5.26 Å². The fourth-order valence-electron chi connectivity index (χ4n) is 5.16. The minimum absolute atomic E-state index is 0.0682. The van der Waals surface area contributed by atoms with Crippen LogP contribution in [0.5, 0.6) is 5.75 Å². The summed E-state index contributed by atoms with van der Waals surface area (Å²) in [5.41, 5.74) is 2.37. The summed E-state index contributed by atoms with van der Waals surface area (Å²) in [4.78, 5) is 36.8. The number of nitriles is 1. The third-order valence-corrected chi connectivity index (χ3v) is 7.38. The van der Waals surface area contributed by atoms with Gasteiger partial charge in [0.1, 0.15) is 23.0 Å². The van der Waals surface area contributed by atoms with Crippen LogP contribution in [0.25, 0.3) is 38.6 Å². The molecule has 0 atom stereocenters. The van der Waals surface area contributed by atoms with E-state index in [4.69, 9.17) is 16.3 Å². The molecule has 0 N–H and O–H groups in total. The average molecular weight is 578 g/mol. The van der Waals surface area contributed by atoms with Crippen molar-refractivity contribution in [3.8, 4) is 28.6 Å². The summed E-state index contributed by atoms with van der Waals surface area (Å²) in [7, 11) is 1.44. The number of hydrogen-bond acceptors (Lipinski definition) is 6. The summed E-state index contributed by atoms with van der Waals surface area (Å²) in [5, 5.41) is 10.8. The molecule has 0 saturated carbocycles. The lowest BCUT2D eigenvalue weighted by Gasteiger charge is -2.18. The Morgan fingerprint density at radius 1 is 1.07 bits per heavy atom. The number of aromatic nitrogens is 4. The Kier molecular flexibility index (Phi) is 6.77. The lowest BCUT2D eigenvalue weighted by molar-refractivity contribution is 0.419. The lowest BCUT2D eigenvalue weighted by atomic mass is 9.98. The van der Waals surface area contributed by atoms with E-state index in [0.717, 1.165) is 15.5 Å². The van der Waals surface area contributed by atoms with Gasteiger partial charge >= 0.3 is 5.69 Å². The number of fused-ring (bicyclic) bond motifs is 2. The number of rotatable bonds is 5. The second kappa shape index (κ2) is 10.6. The predicted molar refractivity (Wildman–Crippen MR) is 159 cm³/mol. The van der Waals surface area contributed by atoms with E-state index in [9.17, 15) is 19.2 Å². The van der Waals surface area contributed by atoms with Gasteiger partial charge in [0, 0.05) is 28.4 Å². The molecule has 42 heavy (non-hydrogen) atoms. The van der Waals surface area contributed by atoms with Crippen LogP contribution in [0, 0.1) is 24.1 Å². The van der Waals surface area contributed by atoms with Gasteiger partial charge in [0.2, 0.25) is 0 Å². The molecule has 0 unspecified atom stereocenters. The first-order chi connectivity index (χ1) is 20.3. The van der Waals surface area contributed by atoms with Crippen molar-refractivity contribution in [2.75, 3.05) is 7.11 Å². The fourth-order valence-corrected chi connectivity index (χ4v) is 5.43. The van der Waals surface area contributed by atoms with Crippen molar-refractivity contribution in [2.45, 2.75) is 13.5 Å². The maximum Gasteiger partial charge on any atom is 0.336 e. The van der Waals surface area contributed by atoms with Gasteiger partial charge in [0.25, 0.3) is 5.56 Å². The molecule has 6 aromatic rings. The van der Waals surface area contributed by atoms with Crippen molar-refractivity contribution in [2.24, 2.45) is 0 Å². The van der Waals surface area contributed by atoms with Gasteiger partial charge in [-0.3, -0.25) is 19.3 Å². The van der Waals surface area contributed by atoms with E-state index in [0.29, 0.717) is 27.2 Å². The van der Waals surface area contributed by atoms with E-state index in [1.54, 1.807) is 49.6 Å². The van der Waals surface area contributed by atoms with Crippen molar-refractivity contribution < 1.29 is 9.13 Å². The molecule has 0 fully saturated rings. The van der Waals surface area contributed by atoms with Crippen LogP contribution in [0.3, 0.4) is 0 Å². The van der Waals surface area contributed by atoms with E-state index in [-0.39, 0.29) is 34.4 Å². The van der Waals surface area contributed by atoms with Gasteiger partial charge in [-0.05, 0) is 72.1 Å². The topological polar surface area (TPSA) is 103 Å². The Morgan fingerprint density at radius 3 is 2.67 bits per heavy atom.